The van der Waals surface area contributed by atoms with Crippen LogP contribution in [0, 0.1) is 0 Å². The zero-order valence-corrected chi connectivity index (χ0v) is 12.9. The Kier molecular flexibility index (Phi) is 6.31. The molecule has 4 nitrogen and oxygen atoms in total. The van der Waals surface area contributed by atoms with Crippen LogP contribution in [0.15, 0.2) is 18.2 Å². The van der Waals surface area contributed by atoms with Crippen molar-refractivity contribution in [2.24, 2.45) is 0 Å². The molecule has 0 bridgehead atoms. The summed E-state index contributed by atoms with van der Waals surface area (Å²) in [6, 6.07) is 5.14. The highest BCUT2D eigenvalue weighted by atomic mass is 35.5. The zero-order chi connectivity index (χ0) is 14.4. The van der Waals surface area contributed by atoms with Gasteiger partial charge in [-0.2, -0.15) is 0 Å². The van der Waals surface area contributed by atoms with Gasteiger partial charge in [0, 0.05) is 46.1 Å². The summed E-state index contributed by atoms with van der Waals surface area (Å²) in [7, 11) is -0.953. The van der Waals surface area contributed by atoms with Gasteiger partial charge in [-0.05, 0) is 32.0 Å². The SMILES string of the molecule is CCNc1ccc(Cl)cc1C(=O)NCC(C)S(C)=O. The predicted molar refractivity (Wildman–Crippen MR) is 81.5 cm³/mol. The summed E-state index contributed by atoms with van der Waals surface area (Å²) in [5, 5.41) is 6.33. The van der Waals surface area contributed by atoms with Crippen LogP contribution in [0.4, 0.5) is 5.69 Å². The van der Waals surface area contributed by atoms with Gasteiger partial charge in [0.1, 0.15) is 0 Å². The minimum absolute atomic E-state index is 0.0780. The first-order valence-corrected chi connectivity index (χ1v) is 8.09. The van der Waals surface area contributed by atoms with Gasteiger partial charge in [0.2, 0.25) is 0 Å². The highest BCUT2D eigenvalue weighted by Crippen LogP contribution is 2.20. The van der Waals surface area contributed by atoms with Gasteiger partial charge in [-0.25, -0.2) is 0 Å². The van der Waals surface area contributed by atoms with Crippen LogP contribution in [0.2, 0.25) is 5.02 Å². The van der Waals surface area contributed by atoms with Crippen molar-refractivity contribution >= 4 is 34.0 Å². The average molecular weight is 303 g/mol. The van der Waals surface area contributed by atoms with E-state index in [0.29, 0.717) is 17.1 Å². The molecule has 2 N–H and O–H groups in total. The van der Waals surface area contributed by atoms with Gasteiger partial charge in [0.05, 0.1) is 5.56 Å². The summed E-state index contributed by atoms with van der Waals surface area (Å²) in [6.45, 7) is 4.88. The van der Waals surface area contributed by atoms with Crippen molar-refractivity contribution in [3.63, 3.8) is 0 Å². The molecule has 0 aliphatic heterocycles. The number of halogens is 1. The first kappa shape index (κ1) is 16.0. The van der Waals surface area contributed by atoms with E-state index in [9.17, 15) is 9.00 Å². The summed E-state index contributed by atoms with van der Waals surface area (Å²) in [4.78, 5) is 12.1. The molecular weight excluding hydrogens is 284 g/mol. The second kappa shape index (κ2) is 7.50. The fraction of sp³-hybridized carbons (Fsp3) is 0.462. The van der Waals surface area contributed by atoms with E-state index in [0.717, 1.165) is 12.2 Å². The summed E-state index contributed by atoms with van der Waals surface area (Å²) < 4.78 is 11.2. The third-order valence-corrected chi connectivity index (χ3v) is 4.25. The van der Waals surface area contributed by atoms with E-state index in [2.05, 4.69) is 10.6 Å². The van der Waals surface area contributed by atoms with Crippen molar-refractivity contribution in [2.45, 2.75) is 19.1 Å². The molecule has 0 aliphatic carbocycles. The number of hydrogen-bond donors (Lipinski definition) is 2. The van der Waals surface area contributed by atoms with Crippen molar-refractivity contribution in [3.8, 4) is 0 Å². The van der Waals surface area contributed by atoms with Crippen LogP contribution in [-0.2, 0) is 10.8 Å². The molecule has 6 heteroatoms. The van der Waals surface area contributed by atoms with Crippen LogP contribution < -0.4 is 10.6 Å². The Bertz CT molecular complexity index is 480. The van der Waals surface area contributed by atoms with Gasteiger partial charge < -0.3 is 10.6 Å². The Morgan fingerprint density at radius 1 is 1.47 bits per heavy atom. The van der Waals surface area contributed by atoms with Crippen molar-refractivity contribution in [1.29, 1.82) is 0 Å². The molecule has 0 saturated carbocycles. The number of carbonyl (C=O) groups is 1. The van der Waals surface area contributed by atoms with Crippen LogP contribution in [0.5, 0.6) is 0 Å². The predicted octanol–water partition coefficient (Wildman–Crippen LogP) is 2.27. The first-order valence-electron chi connectivity index (χ1n) is 6.09. The molecule has 0 radical (unpaired) electrons. The lowest BCUT2D eigenvalue weighted by atomic mass is 10.1. The van der Waals surface area contributed by atoms with Gasteiger partial charge in [0.15, 0.2) is 0 Å². The molecule has 1 rings (SSSR count). The molecular formula is C13H19ClN2O2S. The number of carbonyl (C=O) groups excluding carboxylic acids is 1. The molecule has 106 valence electrons. The molecule has 0 spiro atoms. The third kappa shape index (κ3) is 4.84. The van der Waals surface area contributed by atoms with E-state index >= 15 is 0 Å². The van der Waals surface area contributed by atoms with E-state index < -0.39 is 10.8 Å². The second-order valence-corrected chi connectivity index (χ2v) is 6.48. The first-order chi connectivity index (χ1) is 8.95. The van der Waals surface area contributed by atoms with Crippen molar-refractivity contribution in [2.75, 3.05) is 24.7 Å². The summed E-state index contributed by atoms with van der Waals surface area (Å²) >= 11 is 5.92. The molecule has 1 aromatic rings. The maximum Gasteiger partial charge on any atom is 0.253 e. The van der Waals surface area contributed by atoms with Crippen molar-refractivity contribution in [1.82, 2.24) is 5.32 Å². The minimum atomic E-state index is -0.953. The Morgan fingerprint density at radius 2 is 2.16 bits per heavy atom. The number of anilines is 1. The fourth-order valence-electron chi connectivity index (χ4n) is 1.50. The lowest BCUT2D eigenvalue weighted by molar-refractivity contribution is 0.0955. The maximum absolute atomic E-state index is 12.1. The lowest BCUT2D eigenvalue weighted by Gasteiger charge is -2.13. The molecule has 0 saturated heterocycles. The normalized spacial score (nSPS) is 13.7. The largest absolute Gasteiger partial charge is 0.385 e. The molecule has 0 heterocycles. The van der Waals surface area contributed by atoms with Crippen molar-refractivity contribution < 1.29 is 9.00 Å². The van der Waals surface area contributed by atoms with Crippen LogP contribution in [0.25, 0.3) is 0 Å². The van der Waals surface area contributed by atoms with Crippen molar-refractivity contribution in [3.05, 3.63) is 28.8 Å². The topological polar surface area (TPSA) is 58.2 Å². The Hall–Kier alpha value is -1.07. The average Bonchev–Trinajstić information content (AvgIpc) is 2.37. The highest BCUT2D eigenvalue weighted by Gasteiger charge is 2.14. The summed E-state index contributed by atoms with van der Waals surface area (Å²) in [5.41, 5.74) is 1.25. The number of benzene rings is 1. The molecule has 2 atom stereocenters. The van der Waals surface area contributed by atoms with Gasteiger partial charge >= 0.3 is 0 Å². The second-order valence-electron chi connectivity index (χ2n) is 4.24. The minimum Gasteiger partial charge on any atom is -0.385 e. The van der Waals surface area contributed by atoms with Gasteiger partial charge in [-0.3, -0.25) is 9.00 Å². The lowest BCUT2D eigenvalue weighted by Crippen LogP contribution is -2.33. The van der Waals surface area contributed by atoms with E-state index in [-0.39, 0.29) is 11.2 Å². The molecule has 1 aromatic carbocycles. The van der Waals surface area contributed by atoms with E-state index in [1.54, 1.807) is 24.5 Å². The zero-order valence-electron chi connectivity index (χ0n) is 11.3. The van der Waals surface area contributed by atoms with Gasteiger partial charge in [0.25, 0.3) is 5.91 Å². The smallest absolute Gasteiger partial charge is 0.253 e. The van der Waals surface area contributed by atoms with Crippen LogP contribution in [0.3, 0.4) is 0 Å². The quantitative estimate of drug-likeness (QED) is 0.847. The third-order valence-electron chi connectivity index (χ3n) is 2.71. The number of rotatable bonds is 6. The molecule has 0 fully saturated rings. The Balaban J connectivity index is 2.80. The Morgan fingerprint density at radius 3 is 2.74 bits per heavy atom. The molecule has 19 heavy (non-hydrogen) atoms. The van der Waals surface area contributed by atoms with E-state index in [4.69, 9.17) is 11.6 Å². The molecule has 1 amide bonds. The Labute approximate surface area is 121 Å². The highest BCUT2D eigenvalue weighted by molar-refractivity contribution is 7.84. The number of nitrogens with one attached hydrogen (secondary N) is 2. The van der Waals surface area contributed by atoms with E-state index in [1.807, 2.05) is 13.8 Å². The molecule has 0 aromatic heterocycles. The standard InChI is InChI=1S/C13H19ClN2O2S/c1-4-15-12-6-5-10(14)7-11(12)13(17)16-8-9(2)19(3)18/h5-7,9,15H,4,8H2,1-3H3,(H,16,17). The molecule has 0 aliphatic rings. The van der Waals surface area contributed by atoms with E-state index in [1.165, 1.54) is 0 Å². The van der Waals surface area contributed by atoms with Crippen LogP contribution in [-0.4, -0.2) is 34.7 Å². The number of amides is 1. The monoisotopic (exact) mass is 302 g/mol. The van der Waals surface area contributed by atoms with Gasteiger partial charge in [-0.15, -0.1) is 0 Å². The van der Waals surface area contributed by atoms with Gasteiger partial charge in [-0.1, -0.05) is 11.6 Å². The summed E-state index contributed by atoms with van der Waals surface area (Å²) in [5.74, 6) is -0.212. The fourth-order valence-corrected chi connectivity index (χ4v) is 1.99. The molecule has 2 unspecified atom stereocenters. The van der Waals surface area contributed by atoms with Crippen LogP contribution >= 0.6 is 11.6 Å². The number of hydrogen-bond acceptors (Lipinski definition) is 3. The maximum atomic E-state index is 12.1. The summed E-state index contributed by atoms with van der Waals surface area (Å²) in [6.07, 6.45) is 1.63. The van der Waals surface area contributed by atoms with Crippen LogP contribution in [0.1, 0.15) is 24.2 Å².